The van der Waals surface area contributed by atoms with Crippen LogP contribution in [0.25, 0.3) is 5.57 Å². The molecule has 0 aliphatic carbocycles. The van der Waals surface area contributed by atoms with Crippen LogP contribution >= 0.6 is 0 Å². The highest BCUT2D eigenvalue weighted by atomic mass is 16.5. The van der Waals surface area contributed by atoms with E-state index in [-0.39, 0.29) is 11.4 Å². The van der Waals surface area contributed by atoms with E-state index in [1.807, 2.05) is 37.3 Å². The Morgan fingerprint density at radius 3 is 2.33 bits per heavy atom. The maximum atomic E-state index is 11.9. The minimum absolute atomic E-state index is 0.230. The Balaban J connectivity index is 2.28. The first-order chi connectivity index (χ1) is 11.5. The van der Waals surface area contributed by atoms with Gasteiger partial charge in [0.05, 0.1) is 7.11 Å². The van der Waals surface area contributed by atoms with E-state index in [2.05, 4.69) is 4.74 Å². The Kier molecular flexibility index (Phi) is 5.90. The molecule has 0 N–H and O–H groups in total. The third kappa shape index (κ3) is 4.56. The summed E-state index contributed by atoms with van der Waals surface area (Å²) in [5.41, 5.74) is 3.04. The first kappa shape index (κ1) is 17.5. The monoisotopic (exact) mass is 324 g/mol. The topological polar surface area (TPSA) is 52.6 Å². The molecule has 4 heteroatoms. The Morgan fingerprint density at radius 2 is 1.71 bits per heavy atom. The van der Waals surface area contributed by atoms with Crippen molar-refractivity contribution < 1.29 is 19.1 Å². The van der Waals surface area contributed by atoms with Gasteiger partial charge in [-0.2, -0.15) is 0 Å². The van der Waals surface area contributed by atoms with Gasteiger partial charge in [0.1, 0.15) is 12.4 Å². The van der Waals surface area contributed by atoms with Crippen LogP contribution in [0.1, 0.15) is 23.6 Å². The van der Waals surface area contributed by atoms with Gasteiger partial charge in [-0.25, -0.2) is 4.79 Å². The zero-order valence-corrected chi connectivity index (χ0v) is 14.0. The standard InChI is InChI=1S/C20H20O4/c1-14-8-10-16(11-9-14)13-24-19-7-5-4-6-17(19)18(15(2)21)12-20(22)23-3/h4-12H,13H2,1-3H3. The van der Waals surface area contributed by atoms with Gasteiger partial charge in [-0.3, -0.25) is 4.79 Å². The van der Waals surface area contributed by atoms with Crippen LogP contribution in [-0.4, -0.2) is 18.9 Å². The molecule has 0 aromatic heterocycles. The molecule has 2 aromatic rings. The van der Waals surface area contributed by atoms with Crippen molar-refractivity contribution in [2.45, 2.75) is 20.5 Å². The SMILES string of the molecule is COC(=O)C=C(C(C)=O)c1ccccc1OCc1ccc(C)cc1. The van der Waals surface area contributed by atoms with Gasteiger partial charge in [0.2, 0.25) is 0 Å². The van der Waals surface area contributed by atoms with Gasteiger partial charge < -0.3 is 9.47 Å². The smallest absolute Gasteiger partial charge is 0.331 e. The number of aryl methyl sites for hydroxylation is 1. The van der Waals surface area contributed by atoms with Gasteiger partial charge in [-0.15, -0.1) is 0 Å². The summed E-state index contributed by atoms with van der Waals surface area (Å²) in [6.45, 7) is 3.81. The minimum Gasteiger partial charge on any atom is -0.488 e. The molecule has 4 nitrogen and oxygen atoms in total. The lowest BCUT2D eigenvalue weighted by atomic mass is 10.0. The van der Waals surface area contributed by atoms with Crippen molar-refractivity contribution in [2.75, 3.05) is 7.11 Å². The molecule has 0 bridgehead atoms. The molecule has 0 unspecified atom stereocenters. The first-order valence-corrected chi connectivity index (χ1v) is 7.59. The number of methoxy groups -OCH3 is 1. The van der Waals surface area contributed by atoms with Crippen LogP contribution in [-0.2, 0) is 20.9 Å². The van der Waals surface area contributed by atoms with Crippen molar-refractivity contribution in [1.82, 2.24) is 0 Å². The predicted octanol–water partition coefficient (Wildman–Crippen LogP) is 3.72. The van der Waals surface area contributed by atoms with E-state index in [0.717, 1.165) is 5.56 Å². The van der Waals surface area contributed by atoms with Crippen LogP contribution < -0.4 is 4.74 Å². The van der Waals surface area contributed by atoms with Crippen molar-refractivity contribution in [2.24, 2.45) is 0 Å². The summed E-state index contributed by atoms with van der Waals surface area (Å²) in [5.74, 6) is -0.260. The molecule has 0 radical (unpaired) electrons. The lowest BCUT2D eigenvalue weighted by Crippen LogP contribution is -2.05. The van der Waals surface area contributed by atoms with E-state index < -0.39 is 5.97 Å². The highest BCUT2D eigenvalue weighted by Gasteiger charge is 2.15. The number of carbonyl (C=O) groups is 2. The summed E-state index contributed by atoms with van der Waals surface area (Å²) < 4.78 is 10.5. The molecular weight excluding hydrogens is 304 g/mol. The molecular formula is C20H20O4. The maximum Gasteiger partial charge on any atom is 0.331 e. The molecule has 0 aliphatic rings. The summed E-state index contributed by atoms with van der Waals surface area (Å²) in [4.78, 5) is 23.5. The van der Waals surface area contributed by atoms with Gasteiger partial charge in [0, 0.05) is 17.2 Å². The Hall–Kier alpha value is -2.88. The second-order valence-corrected chi connectivity index (χ2v) is 5.41. The van der Waals surface area contributed by atoms with Gasteiger partial charge >= 0.3 is 5.97 Å². The largest absolute Gasteiger partial charge is 0.488 e. The Labute approximate surface area is 141 Å². The highest BCUT2D eigenvalue weighted by molar-refractivity contribution is 6.23. The van der Waals surface area contributed by atoms with Crippen molar-refractivity contribution >= 4 is 17.3 Å². The zero-order valence-electron chi connectivity index (χ0n) is 14.0. The van der Waals surface area contributed by atoms with Crippen LogP contribution in [0.4, 0.5) is 0 Å². The predicted molar refractivity (Wildman–Crippen MR) is 92.6 cm³/mol. The number of benzene rings is 2. The normalized spacial score (nSPS) is 11.0. The molecule has 0 heterocycles. The summed E-state index contributed by atoms with van der Waals surface area (Å²) >= 11 is 0. The molecule has 0 fully saturated rings. The zero-order chi connectivity index (χ0) is 17.5. The third-order valence-corrected chi connectivity index (χ3v) is 3.53. The molecule has 0 aliphatic heterocycles. The number of carbonyl (C=O) groups excluding carboxylic acids is 2. The quantitative estimate of drug-likeness (QED) is 0.600. The minimum atomic E-state index is -0.575. The van der Waals surface area contributed by atoms with Crippen LogP contribution in [0.3, 0.4) is 0 Å². The number of Topliss-reactive ketones (excluding diaryl/α,β-unsaturated/α-hetero) is 1. The molecule has 24 heavy (non-hydrogen) atoms. The van der Waals surface area contributed by atoms with E-state index >= 15 is 0 Å². The van der Waals surface area contributed by atoms with E-state index in [9.17, 15) is 9.59 Å². The van der Waals surface area contributed by atoms with Crippen molar-refractivity contribution in [3.05, 3.63) is 71.3 Å². The Bertz CT molecular complexity index is 757. The number of hydrogen-bond donors (Lipinski definition) is 0. The molecule has 0 saturated heterocycles. The fraction of sp³-hybridized carbons (Fsp3) is 0.200. The number of ether oxygens (including phenoxy) is 2. The average molecular weight is 324 g/mol. The average Bonchev–Trinajstić information content (AvgIpc) is 2.59. The summed E-state index contributed by atoms with van der Waals surface area (Å²) in [7, 11) is 1.27. The molecule has 0 atom stereocenters. The van der Waals surface area contributed by atoms with Crippen LogP contribution in [0.5, 0.6) is 5.75 Å². The fourth-order valence-corrected chi connectivity index (χ4v) is 2.21. The van der Waals surface area contributed by atoms with Gasteiger partial charge in [0.25, 0.3) is 0 Å². The van der Waals surface area contributed by atoms with Crippen LogP contribution in [0.2, 0.25) is 0 Å². The van der Waals surface area contributed by atoms with Gasteiger partial charge in [-0.1, -0.05) is 48.0 Å². The van der Waals surface area contributed by atoms with E-state index in [1.54, 1.807) is 18.2 Å². The van der Waals surface area contributed by atoms with Gasteiger partial charge in [-0.05, 0) is 25.5 Å². The number of para-hydroxylation sites is 1. The number of rotatable bonds is 6. The third-order valence-electron chi connectivity index (χ3n) is 3.53. The van der Waals surface area contributed by atoms with E-state index in [0.29, 0.717) is 17.9 Å². The van der Waals surface area contributed by atoms with Crippen LogP contribution in [0, 0.1) is 6.92 Å². The molecule has 0 saturated carbocycles. The molecule has 2 rings (SSSR count). The lowest BCUT2D eigenvalue weighted by Gasteiger charge is -2.13. The van der Waals surface area contributed by atoms with Crippen LogP contribution in [0.15, 0.2) is 54.6 Å². The van der Waals surface area contributed by atoms with Crippen molar-refractivity contribution in [1.29, 1.82) is 0 Å². The number of hydrogen-bond acceptors (Lipinski definition) is 4. The highest BCUT2D eigenvalue weighted by Crippen LogP contribution is 2.27. The summed E-state index contributed by atoms with van der Waals surface area (Å²) in [5, 5.41) is 0. The summed E-state index contributed by atoms with van der Waals surface area (Å²) in [6.07, 6.45) is 1.19. The van der Waals surface area contributed by atoms with E-state index in [4.69, 9.17) is 4.74 Å². The van der Waals surface area contributed by atoms with Gasteiger partial charge in [0.15, 0.2) is 5.78 Å². The number of allylic oxidation sites excluding steroid dienone is 1. The number of ketones is 1. The maximum absolute atomic E-state index is 11.9. The second-order valence-electron chi connectivity index (χ2n) is 5.41. The molecule has 0 spiro atoms. The molecule has 0 amide bonds. The van der Waals surface area contributed by atoms with E-state index in [1.165, 1.54) is 25.7 Å². The molecule has 124 valence electrons. The first-order valence-electron chi connectivity index (χ1n) is 7.59. The van der Waals surface area contributed by atoms with Crippen molar-refractivity contribution in [3.8, 4) is 5.75 Å². The van der Waals surface area contributed by atoms with Crippen molar-refractivity contribution in [3.63, 3.8) is 0 Å². The summed E-state index contributed by atoms with van der Waals surface area (Å²) in [6, 6.07) is 15.2. The Morgan fingerprint density at radius 1 is 1.04 bits per heavy atom. The number of esters is 1. The fourth-order valence-electron chi connectivity index (χ4n) is 2.21. The lowest BCUT2D eigenvalue weighted by molar-refractivity contribution is -0.135. The molecule has 2 aromatic carbocycles. The second kappa shape index (κ2) is 8.11.